The molecule has 0 aliphatic carbocycles. The number of nitrogens with two attached hydrogens (primary N) is 1. The summed E-state index contributed by atoms with van der Waals surface area (Å²) >= 11 is 0. The Bertz CT molecular complexity index is 365. The fraction of sp³-hybridized carbons (Fsp3) is 0.667. The van der Waals surface area contributed by atoms with E-state index in [4.69, 9.17) is 5.73 Å². The van der Waals surface area contributed by atoms with Crippen molar-refractivity contribution in [3.63, 3.8) is 0 Å². The van der Waals surface area contributed by atoms with Crippen LogP contribution in [0.1, 0.15) is 56.1 Å². The van der Waals surface area contributed by atoms with Crippen LogP contribution in [-0.4, -0.2) is 21.6 Å². The molecular formula is C12H22N4O. The quantitative estimate of drug-likeness (QED) is 0.733. The van der Waals surface area contributed by atoms with Crippen LogP contribution in [0.25, 0.3) is 0 Å². The molecule has 1 rings (SSSR count). The molecule has 0 radical (unpaired) electrons. The summed E-state index contributed by atoms with van der Waals surface area (Å²) in [5, 5.41) is 9.64. The molecule has 17 heavy (non-hydrogen) atoms. The fourth-order valence-electron chi connectivity index (χ4n) is 2.05. The third kappa shape index (κ3) is 2.60. The second kappa shape index (κ2) is 5.21. The minimum atomic E-state index is -0.146. The molecule has 0 unspecified atom stereocenters. The van der Waals surface area contributed by atoms with Crippen LogP contribution in [0.2, 0.25) is 0 Å². The highest BCUT2D eigenvalue weighted by atomic mass is 16.1. The summed E-state index contributed by atoms with van der Waals surface area (Å²) in [5.41, 5.74) is 6.71. The van der Waals surface area contributed by atoms with E-state index in [1.165, 1.54) is 0 Å². The average molecular weight is 238 g/mol. The molecule has 0 fully saturated rings. The van der Waals surface area contributed by atoms with Crippen molar-refractivity contribution >= 4 is 11.7 Å². The monoisotopic (exact) mass is 238 g/mol. The van der Waals surface area contributed by atoms with E-state index >= 15 is 0 Å². The topological polar surface area (TPSA) is 83.8 Å². The lowest BCUT2D eigenvalue weighted by Gasteiger charge is -2.31. The molecule has 5 heteroatoms. The maximum absolute atomic E-state index is 12.2. The van der Waals surface area contributed by atoms with Gasteiger partial charge in [-0.1, -0.05) is 20.8 Å². The van der Waals surface area contributed by atoms with Gasteiger partial charge < -0.3 is 11.1 Å². The maximum Gasteiger partial charge on any atom is 0.257 e. The number of nitrogens with one attached hydrogen (secondary N) is 2. The Balaban J connectivity index is 2.92. The summed E-state index contributed by atoms with van der Waals surface area (Å²) in [6, 6.07) is 0. The minimum absolute atomic E-state index is 0.140. The van der Waals surface area contributed by atoms with Crippen LogP contribution in [0.3, 0.4) is 0 Å². The summed E-state index contributed by atoms with van der Waals surface area (Å²) in [7, 11) is 0. The number of carbonyl (C=O) groups excluding carboxylic acids is 1. The van der Waals surface area contributed by atoms with Gasteiger partial charge in [-0.25, -0.2) is 0 Å². The lowest BCUT2D eigenvalue weighted by molar-refractivity contribution is 0.0888. The Morgan fingerprint density at radius 3 is 2.24 bits per heavy atom. The van der Waals surface area contributed by atoms with Gasteiger partial charge in [-0.15, -0.1) is 0 Å². The first-order chi connectivity index (χ1) is 7.99. The number of carbonyl (C=O) groups is 1. The molecule has 0 atom stereocenters. The molecule has 1 amide bonds. The smallest absolute Gasteiger partial charge is 0.257 e. The van der Waals surface area contributed by atoms with Crippen LogP contribution >= 0.6 is 0 Å². The number of rotatable bonds is 5. The van der Waals surface area contributed by atoms with E-state index in [0.29, 0.717) is 11.3 Å². The van der Waals surface area contributed by atoms with Gasteiger partial charge in [0.05, 0.1) is 0 Å². The van der Waals surface area contributed by atoms with Gasteiger partial charge >= 0.3 is 0 Å². The predicted molar refractivity (Wildman–Crippen MR) is 68.8 cm³/mol. The van der Waals surface area contributed by atoms with Crippen molar-refractivity contribution in [2.45, 2.75) is 52.5 Å². The van der Waals surface area contributed by atoms with E-state index < -0.39 is 0 Å². The third-order valence-corrected chi connectivity index (χ3v) is 3.61. The largest absolute Gasteiger partial charge is 0.382 e. The van der Waals surface area contributed by atoms with Crippen molar-refractivity contribution in [2.75, 3.05) is 5.73 Å². The molecule has 96 valence electrons. The van der Waals surface area contributed by atoms with E-state index in [0.717, 1.165) is 19.3 Å². The first-order valence-corrected chi connectivity index (χ1v) is 6.12. The van der Waals surface area contributed by atoms with Gasteiger partial charge in [0.1, 0.15) is 5.56 Å². The highest BCUT2D eigenvalue weighted by Gasteiger charge is 2.28. The van der Waals surface area contributed by atoms with Crippen molar-refractivity contribution < 1.29 is 4.79 Å². The second-order valence-corrected chi connectivity index (χ2v) is 4.40. The lowest BCUT2D eigenvalue weighted by Crippen LogP contribution is -2.47. The van der Waals surface area contributed by atoms with E-state index in [9.17, 15) is 4.79 Å². The lowest BCUT2D eigenvalue weighted by atomic mass is 9.89. The molecule has 0 aromatic carbocycles. The number of aromatic nitrogens is 2. The third-order valence-electron chi connectivity index (χ3n) is 3.61. The van der Waals surface area contributed by atoms with Crippen molar-refractivity contribution in [1.82, 2.24) is 15.5 Å². The van der Waals surface area contributed by atoms with E-state index in [1.807, 2.05) is 0 Å². The van der Waals surface area contributed by atoms with Crippen molar-refractivity contribution in [2.24, 2.45) is 0 Å². The zero-order chi connectivity index (χ0) is 13.1. The van der Waals surface area contributed by atoms with Gasteiger partial charge in [-0.3, -0.25) is 9.89 Å². The highest BCUT2D eigenvalue weighted by molar-refractivity contribution is 5.99. The summed E-state index contributed by atoms with van der Waals surface area (Å²) < 4.78 is 0. The van der Waals surface area contributed by atoms with Crippen molar-refractivity contribution in [3.8, 4) is 0 Å². The fourth-order valence-corrected chi connectivity index (χ4v) is 2.05. The Kier molecular flexibility index (Phi) is 4.15. The number of aryl methyl sites for hydroxylation is 1. The molecule has 4 N–H and O–H groups in total. The van der Waals surface area contributed by atoms with Gasteiger partial charge in [0.2, 0.25) is 0 Å². The highest BCUT2D eigenvalue weighted by Crippen LogP contribution is 2.21. The van der Waals surface area contributed by atoms with Crippen LogP contribution in [-0.2, 0) is 0 Å². The van der Waals surface area contributed by atoms with Crippen LogP contribution in [0.5, 0.6) is 0 Å². The zero-order valence-electron chi connectivity index (χ0n) is 11.1. The van der Waals surface area contributed by atoms with E-state index in [-0.39, 0.29) is 17.3 Å². The average Bonchev–Trinajstić information content (AvgIpc) is 2.66. The molecule has 0 spiro atoms. The number of nitrogens with zero attached hydrogens (tertiary/aromatic N) is 1. The number of hydrogen-bond donors (Lipinski definition) is 3. The Hall–Kier alpha value is -1.52. The number of aromatic amines is 1. The summed E-state index contributed by atoms with van der Waals surface area (Å²) in [5.74, 6) is 0.122. The molecule has 1 aromatic rings. The van der Waals surface area contributed by atoms with Crippen molar-refractivity contribution in [1.29, 1.82) is 0 Å². The van der Waals surface area contributed by atoms with Gasteiger partial charge in [-0.2, -0.15) is 5.10 Å². The molecular weight excluding hydrogens is 216 g/mol. The summed E-state index contributed by atoms with van der Waals surface area (Å²) in [4.78, 5) is 12.2. The SMILES string of the molecule is CCC(CC)(CC)NC(=O)c1c(N)n[nH]c1C. The number of anilines is 1. The van der Waals surface area contributed by atoms with Gasteiger partial charge in [0.25, 0.3) is 5.91 Å². The molecule has 0 saturated carbocycles. The van der Waals surface area contributed by atoms with E-state index in [1.54, 1.807) is 6.92 Å². The molecule has 5 nitrogen and oxygen atoms in total. The summed E-state index contributed by atoms with van der Waals surface area (Å²) in [6.07, 6.45) is 2.72. The first-order valence-electron chi connectivity index (χ1n) is 6.12. The standard InChI is InChI=1S/C12H22N4O/c1-5-12(6-2,7-3)14-11(17)9-8(4)15-16-10(9)13/h5-7H2,1-4H3,(H,14,17)(H3,13,15,16). The van der Waals surface area contributed by atoms with Gasteiger partial charge in [0.15, 0.2) is 5.82 Å². The number of hydrogen-bond acceptors (Lipinski definition) is 3. The number of nitrogen functional groups attached to an aromatic ring is 1. The minimum Gasteiger partial charge on any atom is -0.382 e. The zero-order valence-corrected chi connectivity index (χ0v) is 11.1. The second-order valence-electron chi connectivity index (χ2n) is 4.40. The Morgan fingerprint density at radius 1 is 1.35 bits per heavy atom. The van der Waals surface area contributed by atoms with Crippen LogP contribution in [0.4, 0.5) is 5.82 Å². The van der Waals surface area contributed by atoms with Crippen molar-refractivity contribution in [3.05, 3.63) is 11.3 Å². The number of H-pyrrole nitrogens is 1. The Morgan fingerprint density at radius 2 is 1.88 bits per heavy atom. The van der Waals surface area contributed by atoms with Gasteiger partial charge in [-0.05, 0) is 26.2 Å². The predicted octanol–water partition coefficient (Wildman–Crippen LogP) is 2.00. The molecule has 0 saturated heterocycles. The Labute approximate surface area is 102 Å². The normalized spacial score (nSPS) is 11.5. The molecule has 1 heterocycles. The molecule has 0 aliphatic heterocycles. The first kappa shape index (κ1) is 13.5. The molecule has 0 bridgehead atoms. The van der Waals surface area contributed by atoms with Crippen LogP contribution in [0.15, 0.2) is 0 Å². The van der Waals surface area contributed by atoms with Crippen LogP contribution < -0.4 is 11.1 Å². The van der Waals surface area contributed by atoms with Gasteiger partial charge in [0, 0.05) is 11.2 Å². The van der Waals surface area contributed by atoms with E-state index in [2.05, 4.69) is 36.3 Å². The summed E-state index contributed by atoms with van der Waals surface area (Å²) in [6.45, 7) is 8.04. The van der Waals surface area contributed by atoms with Crippen LogP contribution in [0, 0.1) is 6.92 Å². The maximum atomic E-state index is 12.2. The number of amides is 1. The molecule has 0 aliphatic rings. The molecule has 1 aromatic heterocycles.